The van der Waals surface area contributed by atoms with E-state index in [1.807, 2.05) is 6.92 Å². The Morgan fingerprint density at radius 3 is 2.43 bits per heavy atom. The number of carbonyl (C=O) groups excluding carboxylic acids is 1. The molecule has 1 amide bonds. The van der Waals surface area contributed by atoms with Gasteiger partial charge in [-0.05, 0) is 48.9 Å². The second-order valence-electron chi connectivity index (χ2n) is 6.84. The Balaban J connectivity index is 1.82. The number of hydrogen-bond acceptors (Lipinski definition) is 3. The predicted octanol–water partition coefficient (Wildman–Crippen LogP) is 3.89. The molecular formula is C21H16Cl2N4O3. The number of anilines is 1. The maximum Gasteiger partial charge on any atom is 0.333 e. The molecule has 2 heterocycles. The summed E-state index contributed by atoms with van der Waals surface area (Å²) in [6.07, 6.45) is 1.50. The molecule has 0 aliphatic heterocycles. The van der Waals surface area contributed by atoms with Crippen LogP contribution in [-0.4, -0.2) is 20.0 Å². The first-order chi connectivity index (χ1) is 14.3. The molecule has 7 nitrogen and oxygen atoms in total. The molecule has 2 aromatic heterocycles. The first-order valence-electron chi connectivity index (χ1n) is 8.94. The van der Waals surface area contributed by atoms with Crippen LogP contribution in [0.3, 0.4) is 0 Å². The lowest BCUT2D eigenvalue weighted by Gasteiger charge is -2.07. The van der Waals surface area contributed by atoms with Crippen molar-refractivity contribution in [3.8, 4) is 5.69 Å². The van der Waals surface area contributed by atoms with E-state index in [0.717, 1.165) is 10.1 Å². The quantitative estimate of drug-likeness (QED) is 0.504. The summed E-state index contributed by atoms with van der Waals surface area (Å²) in [5.74, 6) is -0.472. The lowest BCUT2D eigenvalue weighted by atomic mass is 10.2. The van der Waals surface area contributed by atoms with Gasteiger partial charge in [-0.3, -0.25) is 9.59 Å². The fraction of sp³-hybridized carbons (Fsp3) is 0.0952. The van der Waals surface area contributed by atoms with E-state index in [1.165, 1.54) is 10.8 Å². The Kier molecular flexibility index (Phi) is 5.01. The van der Waals surface area contributed by atoms with Gasteiger partial charge in [-0.25, -0.2) is 9.36 Å². The molecule has 4 aromatic rings. The molecule has 9 heteroatoms. The highest BCUT2D eigenvalue weighted by molar-refractivity contribution is 6.31. The molecule has 0 fully saturated rings. The van der Waals surface area contributed by atoms with Gasteiger partial charge in [0.25, 0.3) is 11.5 Å². The van der Waals surface area contributed by atoms with Crippen molar-refractivity contribution in [3.05, 3.63) is 90.7 Å². The smallest absolute Gasteiger partial charge is 0.333 e. The van der Waals surface area contributed by atoms with Crippen LogP contribution in [0, 0.1) is 6.92 Å². The molecule has 0 saturated carbocycles. The minimum atomic E-state index is -0.659. The van der Waals surface area contributed by atoms with Crippen molar-refractivity contribution in [3.63, 3.8) is 0 Å². The lowest BCUT2D eigenvalue weighted by molar-refractivity contribution is 0.102. The summed E-state index contributed by atoms with van der Waals surface area (Å²) in [5, 5.41) is 3.74. The van der Waals surface area contributed by atoms with Gasteiger partial charge in [-0.2, -0.15) is 0 Å². The van der Waals surface area contributed by atoms with Crippen LogP contribution >= 0.6 is 23.2 Å². The van der Waals surface area contributed by atoms with Crippen molar-refractivity contribution in [2.45, 2.75) is 6.92 Å². The van der Waals surface area contributed by atoms with Crippen LogP contribution in [0.4, 0.5) is 5.69 Å². The first-order valence-corrected chi connectivity index (χ1v) is 9.69. The summed E-state index contributed by atoms with van der Waals surface area (Å²) in [4.78, 5) is 41.2. The highest BCUT2D eigenvalue weighted by atomic mass is 35.5. The fourth-order valence-corrected chi connectivity index (χ4v) is 3.54. The average molecular weight is 443 g/mol. The summed E-state index contributed by atoms with van der Waals surface area (Å²) in [7, 11) is 1.63. The number of aryl methyl sites for hydroxylation is 2. The van der Waals surface area contributed by atoms with Gasteiger partial charge < -0.3 is 14.9 Å². The van der Waals surface area contributed by atoms with Crippen LogP contribution in [0.2, 0.25) is 10.0 Å². The Morgan fingerprint density at radius 1 is 1.07 bits per heavy atom. The van der Waals surface area contributed by atoms with Crippen LogP contribution in [-0.2, 0) is 7.05 Å². The number of nitrogens with zero attached hydrogens (tertiary/aromatic N) is 2. The molecule has 0 bridgehead atoms. The van der Waals surface area contributed by atoms with Crippen LogP contribution in [0.15, 0.2) is 58.3 Å². The van der Waals surface area contributed by atoms with E-state index in [2.05, 4.69) is 10.3 Å². The molecule has 0 spiro atoms. The largest absolute Gasteiger partial charge is 0.344 e. The highest BCUT2D eigenvalue weighted by Gasteiger charge is 2.20. The van der Waals surface area contributed by atoms with E-state index < -0.39 is 17.2 Å². The van der Waals surface area contributed by atoms with E-state index >= 15 is 0 Å². The Bertz CT molecular complexity index is 1420. The second kappa shape index (κ2) is 7.51. The first kappa shape index (κ1) is 20.0. The Labute approximate surface area is 180 Å². The van der Waals surface area contributed by atoms with Crippen molar-refractivity contribution in [1.82, 2.24) is 14.1 Å². The Hall–Kier alpha value is -3.29. The molecule has 0 aliphatic carbocycles. The van der Waals surface area contributed by atoms with Crippen molar-refractivity contribution in [2.75, 3.05) is 5.32 Å². The molecule has 2 N–H and O–H groups in total. The van der Waals surface area contributed by atoms with E-state index in [1.54, 1.807) is 49.5 Å². The van der Waals surface area contributed by atoms with E-state index in [-0.39, 0.29) is 16.6 Å². The zero-order valence-corrected chi connectivity index (χ0v) is 17.5. The minimum absolute atomic E-state index is 0.161. The minimum Gasteiger partial charge on any atom is -0.344 e. The van der Waals surface area contributed by atoms with Crippen LogP contribution in [0.25, 0.3) is 16.7 Å². The van der Waals surface area contributed by atoms with Crippen molar-refractivity contribution in [1.29, 1.82) is 0 Å². The second-order valence-corrected chi connectivity index (χ2v) is 7.69. The molecule has 30 heavy (non-hydrogen) atoms. The van der Waals surface area contributed by atoms with Crippen molar-refractivity contribution < 1.29 is 4.79 Å². The summed E-state index contributed by atoms with van der Waals surface area (Å²) in [6.45, 7) is 1.86. The molecule has 0 radical (unpaired) electrons. The van der Waals surface area contributed by atoms with Crippen molar-refractivity contribution >= 4 is 45.8 Å². The third kappa shape index (κ3) is 3.42. The monoisotopic (exact) mass is 442 g/mol. The van der Waals surface area contributed by atoms with Gasteiger partial charge in [0.1, 0.15) is 5.52 Å². The fourth-order valence-electron chi connectivity index (χ4n) is 3.24. The van der Waals surface area contributed by atoms with Gasteiger partial charge in [0.15, 0.2) is 0 Å². The van der Waals surface area contributed by atoms with Gasteiger partial charge in [0, 0.05) is 29.0 Å². The zero-order chi connectivity index (χ0) is 21.6. The van der Waals surface area contributed by atoms with E-state index in [4.69, 9.17) is 23.2 Å². The third-order valence-electron chi connectivity index (χ3n) is 4.78. The molecule has 0 saturated heterocycles. The number of fused-ring (bicyclic) bond motifs is 1. The van der Waals surface area contributed by atoms with Gasteiger partial charge >= 0.3 is 5.69 Å². The topological polar surface area (TPSA) is 88.9 Å². The maximum absolute atomic E-state index is 13.1. The number of H-pyrrole nitrogens is 1. The number of amides is 1. The molecule has 2 aromatic carbocycles. The van der Waals surface area contributed by atoms with Crippen LogP contribution < -0.4 is 16.6 Å². The third-order valence-corrected chi connectivity index (χ3v) is 5.44. The molecule has 4 rings (SSSR count). The van der Waals surface area contributed by atoms with E-state index in [0.29, 0.717) is 21.4 Å². The normalized spacial score (nSPS) is 11.1. The number of nitrogens with one attached hydrogen (secondary N) is 2. The van der Waals surface area contributed by atoms with E-state index in [9.17, 15) is 14.4 Å². The predicted molar refractivity (Wildman–Crippen MR) is 118 cm³/mol. The maximum atomic E-state index is 13.1. The SMILES string of the molecule is Cc1ccc(NC(=O)c2cn(C)c3c(=O)n(-c4ccc(Cl)cc4)c(=O)[nH]c23)cc1Cl. The standard InChI is InChI=1S/C21H16Cl2N4O3/c1-11-3-6-13(9-16(11)23)24-19(28)15-10-26(2)18-17(15)25-21(30)27(20(18)29)14-7-4-12(22)5-8-14/h3-10H,1-2H3,(H,24,28)(H,25,30). The van der Waals surface area contributed by atoms with Gasteiger partial charge in [0.2, 0.25) is 0 Å². The Morgan fingerprint density at radius 2 is 1.77 bits per heavy atom. The number of benzene rings is 2. The molecule has 152 valence electrons. The van der Waals surface area contributed by atoms with Gasteiger partial charge in [-0.15, -0.1) is 0 Å². The number of aromatic amines is 1. The summed E-state index contributed by atoms with van der Waals surface area (Å²) in [6, 6.07) is 11.5. The lowest BCUT2D eigenvalue weighted by Crippen LogP contribution is -2.34. The molecule has 0 unspecified atom stereocenters. The summed E-state index contributed by atoms with van der Waals surface area (Å²) < 4.78 is 2.51. The number of aromatic nitrogens is 3. The average Bonchev–Trinajstić information content (AvgIpc) is 3.02. The van der Waals surface area contributed by atoms with Gasteiger partial charge in [-0.1, -0.05) is 29.3 Å². The zero-order valence-electron chi connectivity index (χ0n) is 16.0. The summed E-state index contributed by atoms with van der Waals surface area (Å²) >= 11 is 12.0. The number of hydrogen-bond donors (Lipinski definition) is 2. The summed E-state index contributed by atoms with van der Waals surface area (Å²) in [5.41, 5.74) is 1.07. The van der Waals surface area contributed by atoms with Crippen LogP contribution in [0.5, 0.6) is 0 Å². The van der Waals surface area contributed by atoms with Gasteiger partial charge in [0.05, 0.1) is 16.8 Å². The van der Waals surface area contributed by atoms with Crippen LogP contribution in [0.1, 0.15) is 15.9 Å². The van der Waals surface area contributed by atoms with Crippen molar-refractivity contribution in [2.24, 2.45) is 7.05 Å². The molecule has 0 atom stereocenters. The molecule has 0 aliphatic rings. The number of rotatable bonds is 3. The molecular weight excluding hydrogens is 427 g/mol. The highest BCUT2D eigenvalue weighted by Crippen LogP contribution is 2.22. The number of carbonyl (C=O) groups is 1. The number of halogens is 2.